The topological polar surface area (TPSA) is 132 Å². The van der Waals surface area contributed by atoms with Gasteiger partial charge in [0.15, 0.2) is 6.10 Å². The van der Waals surface area contributed by atoms with Gasteiger partial charge in [0.1, 0.15) is 17.2 Å². The van der Waals surface area contributed by atoms with E-state index in [1.807, 2.05) is 0 Å². The third-order valence-corrected chi connectivity index (χ3v) is 6.67. The minimum absolute atomic E-state index is 0.204. The molecule has 1 aliphatic rings. The van der Waals surface area contributed by atoms with Gasteiger partial charge in [-0.15, -0.1) is 0 Å². The van der Waals surface area contributed by atoms with Gasteiger partial charge in [0.05, 0.1) is 30.2 Å². The van der Waals surface area contributed by atoms with E-state index < -0.39 is 39.9 Å². The van der Waals surface area contributed by atoms with Crippen LogP contribution in [0.2, 0.25) is 0 Å². The summed E-state index contributed by atoms with van der Waals surface area (Å²) in [5.41, 5.74) is 7.02. The zero-order valence-corrected chi connectivity index (χ0v) is 18.9. The Morgan fingerprint density at radius 2 is 1.88 bits per heavy atom. The molecule has 2 amide bonds. The molecule has 0 fully saturated rings. The van der Waals surface area contributed by atoms with Crippen molar-refractivity contribution in [1.29, 1.82) is 0 Å². The number of nitrogens with zero attached hydrogens (tertiary/aromatic N) is 1. The molecule has 0 aliphatic carbocycles. The van der Waals surface area contributed by atoms with Crippen molar-refractivity contribution >= 4 is 38.5 Å². The number of furan rings is 1. The van der Waals surface area contributed by atoms with Crippen LogP contribution in [0.15, 0.2) is 40.8 Å². The van der Waals surface area contributed by atoms with Gasteiger partial charge in [-0.25, -0.2) is 12.8 Å². The lowest BCUT2D eigenvalue weighted by atomic mass is 10.0. The summed E-state index contributed by atoms with van der Waals surface area (Å²) in [4.78, 5) is 24.6. The predicted molar refractivity (Wildman–Crippen MR) is 120 cm³/mol. The highest BCUT2D eigenvalue weighted by Gasteiger charge is 2.35. The summed E-state index contributed by atoms with van der Waals surface area (Å²) in [5, 5.41) is 2.98. The van der Waals surface area contributed by atoms with E-state index in [0.29, 0.717) is 16.5 Å². The lowest BCUT2D eigenvalue weighted by Gasteiger charge is -2.23. The molecule has 33 heavy (non-hydrogen) atoms. The molecule has 2 heterocycles. The zero-order valence-electron chi connectivity index (χ0n) is 18.1. The Morgan fingerprint density at radius 3 is 2.45 bits per heavy atom. The molecule has 11 heteroatoms. The van der Waals surface area contributed by atoms with Gasteiger partial charge in [-0.1, -0.05) is 0 Å². The summed E-state index contributed by atoms with van der Waals surface area (Å²) < 4.78 is 51.4. The van der Waals surface area contributed by atoms with Crippen LogP contribution in [0.25, 0.3) is 22.3 Å². The molecule has 9 nitrogen and oxygen atoms in total. The van der Waals surface area contributed by atoms with E-state index >= 15 is 0 Å². The van der Waals surface area contributed by atoms with E-state index in [9.17, 15) is 22.4 Å². The fraction of sp³-hybridized carbons (Fsp3) is 0.273. The highest BCUT2D eigenvalue weighted by molar-refractivity contribution is 7.92. The largest absolute Gasteiger partial charge is 0.455 e. The average molecular weight is 475 g/mol. The Hall–Kier alpha value is -3.44. The molecule has 1 aliphatic heterocycles. The van der Waals surface area contributed by atoms with Gasteiger partial charge in [-0.3, -0.25) is 13.9 Å². The van der Waals surface area contributed by atoms with Crippen molar-refractivity contribution in [2.45, 2.75) is 19.1 Å². The number of nitrogens with two attached hydrogens (primary N) is 1. The maximum atomic E-state index is 13.4. The maximum absolute atomic E-state index is 13.4. The molecule has 0 saturated carbocycles. The number of halogens is 1. The van der Waals surface area contributed by atoms with E-state index in [1.54, 1.807) is 13.0 Å². The first kappa shape index (κ1) is 22.7. The van der Waals surface area contributed by atoms with Crippen LogP contribution in [0.1, 0.15) is 28.9 Å². The van der Waals surface area contributed by atoms with Gasteiger partial charge in [0.25, 0.3) is 5.91 Å². The van der Waals surface area contributed by atoms with E-state index in [2.05, 4.69) is 5.32 Å². The molecule has 174 valence electrons. The van der Waals surface area contributed by atoms with Crippen LogP contribution < -0.4 is 15.4 Å². The van der Waals surface area contributed by atoms with Gasteiger partial charge >= 0.3 is 0 Å². The molecular weight excluding hydrogens is 453 g/mol. The fourth-order valence-corrected chi connectivity index (χ4v) is 4.85. The molecule has 0 spiro atoms. The average Bonchev–Trinajstić information content (AvgIpc) is 3.05. The summed E-state index contributed by atoms with van der Waals surface area (Å²) in [7, 11) is -2.35. The zero-order chi connectivity index (χ0) is 24.1. The molecule has 2 unspecified atom stereocenters. The maximum Gasteiger partial charge on any atom is 0.255 e. The number of nitrogens with one attached hydrogen (secondary N) is 1. The highest BCUT2D eigenvalue weighted by Crippen LogP contribution is 2.42. The Kier molecular flexibility index (Phi) is 5.62. The van der Waals surface area contributed by atoms with Crippen LogP contribution in [-0.2, 0) is 19.6 Å². The number of carbonyl (C=O) groups excluding carboxylic acids is 2. The van der Waals surface area contributed by atoms with Crippen molar-refractivity contribution in [2.24, 2.45) is 5.73 Å². The summed E-state index contributed by atoms with van der Waals surface area (Å²) in [6.45, 7) is 1.36. The number of rotatable bonds is 4. The normalized spacial score (nSPS) is 18.6. The molecule has 4 rings (SSSR count). The van der Waals surface area contributed by atoms with Crippen LogP contribution in [0.5, 0.6) is 0 Å². The molecule has 3 aromatic rings. The number of hydrogen-bond donors (Lipinski definition) is 2. The summed E-state index contributed by atoms with van der Waals surface area (Å²) in [6, 6.07) is 8.56. The molecule has 0 radical (unpaired) electrons. The number of hydrogen-bond acceptors (Lipinski definition) is 6. The van der Waals surface area contributed by atoms with Crippen molar-refractivity contribution < 1.29 is 31.6 Å². The number of sulfonamides is 1. The molecule has 0 bridgehead atoms. The quantitative estimate of drug-likeness (QED) is 0.595. The molecule has 0 saturated heterocycles. The van der Waals surface area contributed by atoms with Crippen molar-refractivity contribution in [3.8, 4) is 11.3 Å². The Morgan fingerprint density at radius 1 is 1.21 bits per heavy atom. The smallest absolute Gasteiger partial charge is 0.255 e. The van der Waals surface area contributed by atoms with E-state index in [0.717, 1.165) is 10.6 Å². The molecule has 3 N–H and O–H groups in total. The second-order valence-corrected chi connectivity index (χ2v) is 9.67. The van der Waals surface area contributed by atoms with Crippen LogP contribution in [-0.4, -0.2) is 46.2 Å². The summed E-state index contributed by atoms with van der Waals surface area (Å²) >= 11 is 0. The summed E-state index contributed by atoms with van der Waals surface area (Å²) in [6.07, 6.45) is -0.867. The second-order valence-electron chi connectivity index (χ2n) is 7.76. The van der Waals surface area contributed by atoms with Gasteiger partial charge < -0.3 is 20.2 Å². The number of benzene rings is 2. The van der Waals surface area contributed by atoms with E-state index in [1.165, 1.54) is 37.4 Å². The van der Waals surface area contributed by atoms with Gasteiger partial charge in [-0.05, 0) is 37.3 Å². The molecule has 1 aromatic heterocycles. The minimum atomic E-state index is -3.82. The van der Waals surface area contributed by atoms with Gasteiger partial charge in [0.2, 0.25) is 15.9 Å². The van der Waals surface area contributed by atoms with Crippen molar-refractivity contribution in [1.82, 2.24) is 5.32 Å². The van der Waals surface area contributed by atoms with Crippen LogP contribution in [0.4, 0.5) is 10.1 Å². The second kappa shape index (κ2) is 8.16. The predicted octanol–water partition coefficient (Wildman–Crippen LogP) is 2.31. The van der Waals surface area contributed by atoms with Gasteiger partial charge in [-0.2, -0.15) is 0 Å². The van der Waals surface area contributed by atoms with Crippen molar-refractivity contribution in [2.75, 3.05) is 24.2 Å². The van der Waals surface area contributed by atoms with Crippen molar-refractivity contribution in [3.05, 3.63) is 53.3 Å². The monoisotopic (exact) mass is 475 g/mol. The lowest BCUT2D eigenvalue weighted by molar-refractivity contribution is -0.131. The van der Waals surface area contributed by atoms with Crippen LogP contribution >= 0.6 is 0 Å². The van der Waals surface area contributed by atoms with Crippen molar-refractivity contribution in [3.63, 3.8) is 0 Å². The van der Waals surface area contributed by atoms with E-state index in [4.69, 9.17) is 14.9 Å². The molecule has 2 aromatic carbocycles. The number of carbonyl (C=O) groups is 2. The van der Waals surface area contributed by atoms with Gasteiger partial charge in [0, 0.05) is 29.6 Å². The first-order chi connectivity index (χ1) is 15.5. The highest BCUT2D eigenvalue weighted by atomic mass is 32.2. The Bertz CT molecular complexity index is 1370. The van der Waals surface area contributed by atoms with Crippen LogP contribution in [0, 0.1) is 5.82 Å². The standard InChI is InChI=1S/C22H22FN3O6S/c1-11-14-8-15-17(9-16(14)26(33(3,29)30)10-18(31-11)21(24)27)32-20(19(15)22(28)25-2)12-4-6-13(23)7-5-12/h4-9,11,18H,10H2,1-3H3,(H2,24,27)(H,25,28). The lowest BCUT2D eigenvalue weighted by Crippen LogP contribution is -2.43. The number of fused-ring (bicyclic) bond motifs is 2. The first-order valence-corrected chi connectivity index (χ1v) is 11.9. The number of primary amides is 1. The first-order valence-electron chi connectivity index (χ1n) is 10.0. The summed E-state index contributed by atoms with van der Waals surface area (Å²) in [5.74, 6) is -1.47. The van der Waals surface area contributed by atoms with E-state index in [-0.39, 0.29) is 29.1 Å². The third kappa shape index (κ3) is 4.05. The Labute approximate surface area is 189 Å². The SMILES string of the molecule is CNC(=O)c1c(-c2ccc(F)cc2)oc2cc3c(cc12)C(C)OC(C(N)=O)CN3S(C)(=O)=O. The number of anilines is 1. The van der Waals surface area contributed by atoms with Crippen LogP contribution in [0.3, 0.4) is 0 Å². The third-order valence-electron chi connectivity index (χ3n) is 5.52. The number of amides is 2. The molecule has 2 atom stereocenters. The minimum Gasteiger partial charge on any atom is -0.455 e. The fourth-order valence-electron chi connectivity index (χ4n) is 3.93. The molecular formula is C22H22FN3O6S. The Balaban J connectivity index is 2.01. The number of ether oxygens (including phenoxy) is 1.